The van der Waals surface area contributed by atoms with E-state index in [4.69, 9.17) is 14.5 Å². The van der Waals surface area contributed by atoms with Gasteiger partial charge in [0.1, 0.15) is 19.0 Å². The fourth-order valence-electron chi connectivity index (χ4n) is 4.64. The molecule has 0 spiro atoms. The van der Waals surface area contributed by atoms with E-state index in [-0.39, 0.29) is 11.5 Å². The molecule has 2 aromatic carbocycles. The summed E-state index contributed by atoms with van der Waals surface area (Å²) in [4.78, 5) is 33.0. The Bertz CT molecular complexity index is 1250. The average Bonchev–Trinajstić information content (AvgIpc) is 2.83. The van der Waals surface area contributed by atoms with Crippen LogP contribution in [0.5, 0.6) is 11.5 Å². The molecule has 3 heterocycles. The highest BCUT2D eigenvalue weighted by Gasteiger charge is 2.19. The molecule has 0 unspecified atom stereocenters. The van der Waals surface area contributed by atoms with Crippen molar-refractivity contribution in [1.29, 1.82) is 0 Å². The van der Waals surface area contributed by atoms with Crippen LogP contribution in [-0.2, 0) is 19.5 Å². The number of nitrogens with zero attached hydrogens (tertiary/aromatic N) is 3. The fraction of sp³-hybridized carbons (Fsp3) is 0.423. The maximum Gasteiger partial charge on any atom is 0.261 e. The molecule has 0 fully saturated rings. The van der Waals surface area contributed by atoms with Crippen LogP contribution in [0.3, 0.4) is 0 Å². The molecule has 2 aliphatic rings. The Labute approximate surface area is 192 Å². The molecule has 33 heavy (non-hydrogen) atoms. The lowest BCUT2D eigenvalue weighted by atomic mass is 10.1. The number of hydrogen-bond donors (Lipinski definition) is 0. The Hall–Kier alpha value is -3.35. The van der Waals surface area contributed by atoms with Crippen LogP contribution in [0.1, 0.15) is 54.4 Å². The van der Waals surface area contributed by atoms with Crippen molar-refractivity contribution in [2.45, 2.75) is 52.1 Å². The van der Waals surface area contributed by atoms with Crippen molar-refractivity contribution in [3.05, 3.63) is 63.7 Å². The van der Waals surface area contributed by atoms with Crippen LogP contribution < -0.4 is 15.0 Å². The van der Waals surface area contributed by atoms with Crippen molar-refractivity contribution in [3.63, 3.8) is 0 Å². The zero-order valence-corrected chi connectivity index (χ0v) is 19.0. The highest BCUT2D eigenvalue weighted by molar-refractivity contribution is 5.97. The third-order valence-electron chi connectivity index (χ3n) is 6.46. The van der Waals surface area contributed by atoms with Crippen molar-refractivity contribution >= 4 is 16.8 Å². The van der Waals surface area contributed by atoms with Crippen molar-refractivity contribution in [2.75, 3.05) is 19.8 Å². The van der Waals surface area contributed by atoms with Crippen LogP contribution in [0.15, 0.2) is 41.2 Å². The number of benzene rings is 2. The molecule has 7 heteroatoms. The van der Waals surface area contributed by atoms with Crippen LogP contribution in [0.2, 0.25) is 0 Å². The molecule has 3 aromatic rings. The monoisotopic (exact) mass is 447 g/mol. The Balaban J connectivity index is 1.43. The maximum absolute atomic E-state index is 13.3. The largest absolute Gasteiger partial charge is 0.486 e. The molecular formula is C26H29N3O4. The number of carbonyl (C=O) groups is 1. The van der Waals surface area contributed by atoms with Crippen LogP contribution in [0, 0.1) is 0 Å². The second kappa shape index (κ2) is 9.25. The molecule has 5 rings (SSSR count). The summed E-state index contributed by atoms with van der Waals surface area (Å²) in [6, 6.07) is 11.1. The maximum atomic E-state index is 13.3. The first-order valence-electron chi connectivity index (χ1n) is 11.9. The summed E-state index contributed by atoms with van der Waals surface area (Å²) in [5, 5.41) is 0.575. The van der Waals surface area contributed by atoms with E-state index in [1.807, 2.05) is 29.7 Å². The van der Waals surface area contributed by atoms with Gasteiger partial charge in [-0.1, -0.05) is 18.9 Å². The van der Waals surface area contributed by atoms with E-state index in [1.54, 1.807) is 23.1 Å². The average molecular weight is 448 g/mol. The van der Waals surface area contributed by atoms with Crippen LogP contribution in [-0.4, -0.2) is 40.1 Å². The third kappa shape index (κ3) is 4.32. The molecule has 0 N–H and O–H groups in total. The number of rotatable bonds is 4. The van der Waals surface area contributed by atoms with Gasteiger partial charge in [0.15, 0.2) is 11.5 Å². The Morgan fingerprint density at radius 2 is 1.85 bits per heavy atom. The molecule has 1 aromatic heterocycles. The number of ether oxygens (including phenoxy) is 2. The van der Waals surface area contributed by atoms with E-state index >= 15 is 0 Å². The summed E-state index contributed by atoms with van der Waals surface area (Å²) in [7, 11) is 0. The van der Waals surface area contributed by atoms with Crippen molar-refractivity contribution in [1.82, 2.24) is 14.5 Å². The van der Waals surface area contributed by atoms with Crippen molar-refractivity contribution < 1.29 is 14.3 Å². The fourth-order valence-corrected chi connectivity index (χ4v) is 4.64. The minimum atomic E-state index is -0.0806. The SMILES string of the molecule is CCN(Cc1ccc2c(c1)OCCO2)C(=O)c1ccc2c(=O)n3c(nc2c1)CCCCCC3. The van der Waals surface area contributed by atoms with Gasteiger partial charge in [0.05, 0.1) is 10.9 Å². The lowest BCUT2D eigenvalue weighted by Gasteiger charge is -2.23. The van der Waals surface area contributed by atoms with Gasteiger partial charge in [0, 0.05) is 31.6 Å². The molecule has 2 aliphatic heterocycles. The summed E-state index contributed by atoms with van der Waals surface area (Å²) < 4.78 is 13.1. The number of fused-ring (bicyclic) bond motifs is 3. The molecule has 0 saturated heterocycles. The van der Waals surface area contributed by atoms with E-state index < -0.39 is 0 Å². The molecule has 172 valence electrons. The Kier molecular flexibility index (Phi) is 6.03. The topological polar surface area (TPSA) is 73.7 Å². The van der Waals surface area contributed by atoms with E-state index in [2.05, 4.69) is 0 Å². The molecule has 0 atom stereocenters. The first kappa shape index (κ1) is 21.5. The van der Waals surface area contributed by atoms with E-state index in [0.29, 0.717) is 48.5 Å². The minimum absolute atomic E-state index is 0.000440. The predicted octanol–water partition coefficient (Wildman–Crippen LogP) is 3.95. The molecule has 0 bridgehead atoms. The van der Waals surface area contributed by atoms with E-state index in [1.165, 1.54) is 0 Å². The third-order valence-corrected chi connectivity index (χ3v) is 6.46. The second-order valence-corrected chi connectivity index (χ2v) is 8.68. The van der Waals surface area contributed by atoms with Gasteiger partial charge in [-0.3, -0.25) is 14.2 Å². The first-order valence-corrected chi connectivity index (χ1v) is 11.9. The summed E-state index contributed by atoms with van der Waals surface area (Å²) in [5.74, 6) is 2.21. The second-order valence-electron chi connectivity index (χ2n) is 8.68. The van der Waals surface area contributed by atoms with Crippen LogP contribution >= 0.6 is 0 Å². The molecule has 1 amide bonds. The number of aromatic nitrogens is 2. The summed E-state index contributed by atoms with van der Waals surface area (Å²) in [6.07, 6.45) is 5.15. The molecule has 0 radical (unpaired) electrons. The van der Waals surface area contributed by atoms with Gasteiger partial charge in [0.2, 0.25) is 0 Å². The summed E-state index contributed by atoms with van der Waals surface area (Å²) in [5.41, 5.74) is 2.13. The van der Waals surface area contributed by atoms with Gasteiger partial charge in [-0.15, -0.1) is 0 Å². The Morgan fingerprint density at radius 1 is 1.03 bits per heavy atom. The lowest BCUT2D eigenvalue weighted by Crippen LogP contribution is -2.31. The van der Waals surface area contributed by atoms with E-state index in [0.717, 1.165) is 55.8 Å². The molecular weight excluding hydrogens is 418 g/mol. The van der Waals surface area contributed by atoms with Gasteiger partial charge in [-0.05, 0) is 55.7 Å². The van der Waals surface area contributed by atoms with Crippen molar-refractivity contribution in [3.8, 4) is 11.5 Å². The molecule has 7 nitrogen and oxygen atoms in total. The van der Waals surface area contributed by atoms with Crippen LogP contribution in [0.25, 0.3) is 10.9 Å². The predicted molar refractivity (Wildman–Crippen MR) is 126 cm³/mol. The zero-order valence-electron chi connectivity index (χ0n) is 19.0. The van der Waals surface area contributed by atoms with Gasteiger partial charge >= 0.3 is 0 Å². The van der Waals surface area contributed by atoms with Crippen LogP contribution in [0.4, 0.5) is 0 Å². The highest BCUT2D eigenvalue weighted by atomic mass is 16.6. The lowest BCUT2D eigenvalue weighted by molar-refractivity contribution is 0.0752. The normalized spacial score (nSPS) is 15.4. The summed E-state index contributed by atoms with van der Waals surface area (Å²) in [6.45, 7) is 4.78. The quantitative estimate of drug-likeness (QED) is 0.606. The van der Waals surface area contributed by atoms with Gasteiger partial charge in [0.25, 0.3) is 11.5 Å². The van der Waals surface area contributed by atoms with Gasteiger partial charge < -0.3 is 14.4 Å². The molecule has 0 aliphatic carbocycles. The standard InChI is InChI=1S/C26H29N3O4/c1-2-28(17-18-8-11-22-23(15-18)33-14-13-32-22)25(30)19-9-10-20-21(16-19)27-24-7-5-3-4-6-12-29(24)26(20)31/h8-11,15-16H,2-7,12-14,17H2,1H3. The first-order chi connectivity index (χ1) is 16.1. The number of carbonyl (C=O) groups excluding carboxylic acids is 1. The Morgan fingerprint density at radius 3 is 2.70 bits per heavy atom. The van der Waals surface area contributed by atoms with Gasteiger partial charge in [-0.25, -0.2) is 4.98 Å². The number of amides is 1. The number of aryl methyl sites for hydroxylation is 1. The minimum Gasteiger partial charge on any atom is -0.486 e. The molecule has 0 saturated carbocycles. The number of hydrogen-bond acceptors (Lipinski definition) is 5. The van der Waals surface area contributed by atoms with Gasteiger partial charge in [-0.2, -0.15) is 0 Å². The van der Waals surface area contributed by atoms with E-state index in [9.17, 15) is 9.59 Å². The van der Waals surface area contributed by atoms with Crippen molar-refractivity contribution in [2.24, 2.45) is 0 Å². The highest BCUT2D eigenvalue weighted by Crippen LogP contribution is 2.31. The summed E-state index contributed by atoms with van der Waals surface area (Å²) >= 11 is 0. The smallest absolute Gasteiger partial charge is 0.261 e. The zero-order chi connectivity index (χ0) is 22.8.